The van der Waals surface area contributed by atoms with Crippen molar-refractivity contribution < 1.29 is 19.7 Å². The molecular weight excluding hydrogens is 148 g/mol. The molecule has 4 heteroatoms. The monoisotopic (exact) mass is 162 g/mol. The fraction of sp³-hybridized carbons (Fsp3) is 1.00. The molecule has 0 aromatic carbocycles. The third kappa shape index (κ3) is 1.90. The molecule has 2 N–H and O–H groups in total. The van der Waals surface area contributed by atoms with E-state index in [0.717, 1.165) is 0 Å². The van der Waals surface area contributed by atoms with E-state index in [0.29, 0.717) is 6.42 Å². The summed E-state index contributed by atoms with van der Waals surface area (Å²) in [6, 6.07) is 0. The lowest BCUT2D eigenvalue weighted by Crippen LogP contribution is -2.46. The third-order valence-electron chi connectivity index (χ3n) is 1.92. The van der Waals surface area contributed by atoms with Gasteiger partial charge in [0.25, 0.3) is 0 Å². The summed E-state index contributed by atoms with van der Waals surface area (Å²) < 4.78 is 9.98. The normalized spacial score (nSPS) is 45.8. The summed E-state index contributed by atoms with van der Waals surface area (Å²) in [5, 5.41) is 18.5. The van der Waals surface area contributed by atoms with Crippen molar-refractivity contribution in [2.24, 2.45) is 0 Å². The van der Waals surface area contributed by atoms with Crippen molar-refractivity contribution in [2.45, 2.75) is 37.9 Å². The van der Waals surface area contributed by atoms with E-state index in [9.17, 15) is 10.2 Å². The highest BCUT2D eigenvalue weighted by molar-refractivity contribution is 4.77. The SMILES string of the molecule is CO[C@H]1OC(C)[C@@H](O)C[C@H]1O. The Kier molecular flexibility index (Phi) is 2.84. The quantitative estimate of drug-likeness (QED) is 0.545. The lowest BCUT2D eigenvalue weighted by atomic mass is 10.0. The summed E-state index contributed by atoms with van der Waals surface area (Å²) in [4.78, 5) is 0. The Balaban J connectivity index is 2.48. The van der Waals surface area contributed by atoms with Gasteiger partial charge in [-0.05, 0) is 6.92 Å². The zero-order valence-corrected chi connectivity index (χ0v) is 6.73. The first-order valence-electron chi connectivity index (χ1n) is 3.69. The van der Waals surface area contributed by atoms with Gasteiger partial charge in [0.1, 0.15) is 6.10 Å². The van der Waals surface area contributed by atoms with E-state index in [4.69, 9.17) is 9.47 Å². The molecule has 0 aromatic heterocycles. The third-order valence-corrected chi connectivity index (χ3v) is 1.92. The average molecular weight is 162 g/mol. The highest BCUT2D eigenvalue weighted by Crippen LogP contribution is 2.19. The Bertz CT molecular complexity index is 128. The Hall–Kier alpha value is -0.160. The molecule has 1 rings (SSSR count). The van der Waals surface area contributed by atoms with E-state index in [1.165, 1.54) is 7.11 Å². The fourth-order valence-corrected chi connectivity index (χ4v) is 1.16. The maximum Gasteiger partial charge on any atom is 0.183 e. The van der Waals surface area contributed by atoms with Crippen LogP contribution in [-0.4, -0.2) is 41.9 Å². The topological polar surface area (TPSA) is 58.9 Å². The molecule has 1 heterocycles. The lowest BCUT2D eigenvalue weighted by Gasteiger charge is -2.34. The number of methoxy groups -OCH3 is 1. The van der Waals surface area contributed by atoms with E-state index >= 15 is 0 Å². The maximum absolute atomic E-state index is 9.25. The summed E-state index contributed by atoms with van der Waals surface area (Å²) in [5.74, 6) is 0. The summed E-state index contributed by atoms with van der Waals surface area (Å²) in [7, 11) is 1.47. The molecule has 0 saturated carbocycles. The highest BCUT2D eigenvalue weighted by atomic mass is 16.7. The van der Waals surface area contributed by atoms with Crippen molar-refractivity contribution in [3.63, 3.8) is 0 Å². The van der Waals surface area contributed by atoms with E-state index in [2.05, 4.69) is 0 Å². The first kappa shape index (κ1) is 8.93. The minimum atomic E-state index is -0.716. The van der Waals surface area contributed by atoms with Gasteiger partial charge >= 0.3 is 0 Å². The first-order chi connectivity index (χ1) is 5.15. The molecule has 0 aromatic rings. The molecule has 1 unspecified atom stereocenters. The predicted molar refractivity (Wildman–Crippen MR) is 38.0 cm³/mol. The van der Waals surface area contributed by atoms with Crippen LogP contribution in [0.5, 0.6) is 0 Å². The maximum atomic E-state index is 9.25. The second-order valence-electron chi connectivity index (χ2n) is 2.82. The second-order valence-corrected chi connectivity index (χ2v) is 2.82. The van der Waals surface area contributed by atoms with Crippen molar-refractivity contribution in [1.29, 1.82) is 0 Å². The van der Waals surface area contributed by atoms with Crippen molar-refractivity contribution >= 4 is 0 Å². The van der Waals surface area contributed by atoms with Crippen molar-refractivity contribution in [2.75, 3.05) is 7.11 Å². The molecule has 4 nitrogen and oxygen atoms in total. The van der Waals surface area contributed by atoms with Gasteiger partial charge in [0.2, 0.25) is 0 Å². The Morgan fingerprint density at radius 2 is 2.00 bits per heavy atom. The molecule has 0 bridgehead atoms. The largest absolute Gasteiger partial charge is 0.390 e. The van der Waals surface area contributed by atoms with Gasteiger partial charge < -0.3 is 19.7 Å². The molecular formula is C7H14O4. The standard InChI is InChI=1S/C7H14O4/c1-4-5(8)3-6(9)7(10-2)11-4/h4-9H,3H2,1-2H3/t4?,5-,6+,7-/m0/s1. The Morgan fingerprint density at radius 3 is 2.55 bits per heavy atom. The minimum absolute atomic E-state index is 0.261. The zero-order valence-electron chi connectivity index (χ0n) is 6.73. The van der Waals surface area contributed by atoms with E-state index < -0.39 is 18.5 Å². The van der Waals surface area contributed by atoms with Crippen LogP contribution in [0.4, 0.5) is 0 Å². The fourth-order valence-electron chi connectivity index (χ4n) is 1.16. The zero-order chi connectivity index (χ0) is 8.43. The number of aliphatic hydroxyl groups is 2. The Morgan fingerprint density at radius 1 is 1.36 bits per heavy atom. The molecule has 0 radical (unpaired) electrons. The molecule has 0 amide bonds. The Labute approximate surface area is 65.7 Å². The van der Waals surface area contributed by atoms with E-state index in [1.54, 1.807) is 6.92 Å². The minimum Gasteiger partial charge on any atom is -0.390 e. The van der Waals surface area contributed by atoms with Crippen molar-refractivity contribution in [3.8, 4) is 0 Å². The van der Waals surface area contributed by atoms with Crippen LogP contribution >= 0.6 is 0 Å². The molecule has 66 valence electrons. The van der Waals surface area contributed by atoms with Gasteiger partial charge in [0.15, 0.2) is 6.29 Å². The molecule has 1 saturated heterocycles. The van der Waals surface area contributed by atoms with E-state index in [1.807, 2.05) is 0 Å². The van der Waals surface area contributed by atoms with Gasteiger partial charge in [-0.3, -0.25) is 0 Å². The molecule has 0 spiro atoms. The van der Waals surface area contributed by atoms with Crippen LogP contribution in [0.3, 0.4) is 0 Å². The van der Waals surface area contributed by atoms with Gasteiger partial charge in [-0.15, -0.1) is 0 Å². The van der Waals surface area contributed by atoms with Crippen LogP contribution in [0.25, 0.3) is 0 Å². The van der Waals surface area contributed by atoms with Crippen LogP contribution in [0, 0.1) is 0 Å². The highest BCUT2D eigenvalue weighted by Gasteiger charge is 2.33. The average Bonchev–Trinajstić information content (AvgIpc) is 1.97. The lowest BCUT2D eigenvalue weighted by molar-refractivity contribution is -0.251. The van der Waals surface area contributed by atoms with Crippen LogP contribution in [0.2, 0.25) is 0 Å². The van der Waals surface area contributed by atoms with Gasteiger partial charge in [-0.2, -0.15) is 0 Å². The summed E-state index contributed by atoms with van der Waals surface area (Å²) in [6.45, 7) is 1.75. The van der Waals surface area contributed by atoms with E-state index in [-0.39, 0.29) is 6.10 Å². The van der Waals surface area contributed by atoms with Crippen LogP contribution in [0.1, 0.15) is 13.3 Å². The molecule has 1 aliphatic rings. The predicted octanol–water partition coefficient (Wildman–Crippen LogP) is -0.510. The van der Waals surface area contributed by atoms with Gasteiger partial charge in [0, 0.05) is 13.5 Å². The summed E-state index contributed by atoms with van der Waals surface area (Å²) in [5.41, 5.74) is 0. The molecule has 4 atom stereocenters. The molecule has 11 heavy (non-hydrogen) atoms. The number of rotatable bonds is 1. The first-order valence-corrected chi connectivity index (χ1v) is 3.69. The van der Waals surface area contributed by atoms with Gasteiger partial charge in [-0.25, -0.2) is 0 Å². The number of aliphatic hydroxyl groups excluding tert-OH is 2. The molecule has 0 aliphatic carbocycles. The number of ether oxygens (including phenoxy) is 2. The summed E-state index contributed by atoms with van der Waals surface area (Å²) >= 11 is 0. The van der Waals surface area contributed by atoms with Crippen molar-refractivity contribution in [1.82, 2.24) is 0 Å². The van der Waals surface area contributed by atoms with Gasteiger partial charge in [0.05, 0.1) is 12.2 Å². The molecule has 1 aliphatic heterocycles. The van der Waals surface area contributed by atoms with Gasteiger partial charge in [-0.1, -0.05) is 0 Å². The number of hydrogen-bond acceptors (Lipinski definition) is 4. The molecule has 1 fully saturated rings. The van der Waals surface area contributed by atoms with Crippen LogP contribution in [-0.2, 0) is 9.47 Å². The van der Waals surface area contributed by atoms with Crippen molar-refractivity contribution in [3.05, 3.63) is 0 Å². The number of hydrogen-bond donors (Lipinski definition) is 2. The smallest absolute Gasteiger partial charge is 0.183 e. The van der Waals surface area contributed by atoms with Crippen LogP contribution < -0.4 is 0 Å². The summed E-state index contributed by atoms with van der Waals surface area (Å²) in [6.07, 6.45) is -1.83. The second kappa shape index (κ2) is 3.49. The van der Waals surface area contributed by atoms with Crippen LogP contribution in [0.15, 0.2) is 0 Å².